The largest absolute Gasteiger partial charge is 0.495 e. The third kappa shape index (κ3) is 2.52. The van der Waals surface area contributed by atoms with Gasteiger partial charge in [0.25, 0.3) is 0 Å². The van der Waals surface area contributed by atoms with E-state index in [9.17, 15) is 4.79 Å². The lowest BCUT2D eigenvalue weighted by atomic mass is 10.2. The van der Waals surface area contributed by atoms with Gasteiger partial charge >= 0.3 is 0 Å². The van der Waals surface area contributed by atoms with Crippen LogP contribution in [0.4, 0.5) is 5.69 Å². The van der Waals surface area contributed by atoms with E-state index in [0.717, 1.165) is 5.56 Å². The first-order valence-corrected chi connectivity index (χ1v) is 4.04. The molecular weight excluding hydrogens is 180 g/mol. The van der Waals surface area contributed by atoms with E-state index in [-0.39, 0.29) is 0 Å². The van der Waals surface area contributed by atoms with Gasteiger partial charge in [-0.2, -0.15) is 0 Å². The predicted molar refractivity (Wildman–Crippen MR) is 55.6 cm³/mol. The molecule has 0 aromatic heterocycles. The van der Waals surface area contributed by atoms with Crippen molar-refractivity contribution in [2.24, 2.45) is 5.73 Å². The first kappa shape index (κ1) is 10.1. The van der Waals surface area contributed by atoms with Gasteiger partial charge in [-0.25, -0.2) is 0 Å². The van der Waals surface area contributed by atoms with Crippen molar-refractivity contribution in [2.75, 3.05) is 12.8 Å². The fourth-order valence-corrected chi connectivity index (χ4v) is 1.01. The lowest BCUT2D eigenvalue weighted by molar-refractivity contribution is -0.113. The fraction of sp³-hybridized carbons (Fsp3) is 0.100. The SMILES string of the molecule is COc1cc(C=CC(N)=O)ccc1N. The number of ether oxygens (including phenoxy) is 1. The number of carbonyl (C=O) groups excluding carboxylic acids is 1. The molecule has 0 saturated heterocycles. The molecule has 1 aromatic rings. The maximum atomic E-state index is 10.5. The Morgan fingerprint density at radius 1 is 1.50 bits per heavy atom. The number of carbonyl (C=O) groups is 1. The fourth-order valence-electron chi connectivity index (χ4n) is 1.01. The maximum Gasteiger partial charge on any atom is 0.241 e. The molecule has 1 aromatic carbocycles. The molecule has 4 N–H and O–H groups in total. The molecule has 0 unspecified atom stereocenters. The van der Waals surface area contributed by atoms with Crippen molar-refractivity contribution in [3.63, 3.8) is 0 Å². The molecule has 14 heavy (non-hydrogen) atoms. The Hall–Kier alpha value is -1.97. The van der Waals surface area contributed by atoms with E-state index in [1.54, 1.807) is 24.3 Å². The normalized spacial score (nSPS) is 10.4. The number of anilines is 1. The molecule has 74 valence electrons. The highest BCUT2D eigenvalue weighted by Crippen LogP contribution is 2.22. The summed E-state index contributed by atoms with van der Waals surface area (Å²) in [5, 5.41) is 0. The summed E-state index contributed by atoms with van der Waals surface area (Å²) in [6, 6.07) is 5.21. The van der Waals surface area contributed by atoms with Gasteiger partial charge in [-0.05, 0) is 23.8 Å². The number of hydrogen-bond donors (Lipinski definition) is 2. The summed E-state index contributed by atoms with van der Waals surface area (Å²) in [6.07, 6.45) is 2.88. The van der Waals surface area contributed by atoms with Crippen LogP contribution in [-0.2, 0) is 4.79 Å². The van der Waals surface area contributed by atoms with Crippen LogP contribution in [0, 0.1) is 0 Å². The van der Waals surface area contributed by atoms with E-state index in [2.05, 4.69) is 0 Å². The van der Waals surface area contributed by atoms with Gasteiger partial charge in [0.05, 0.1) is 12.8 Å². The zero-order valence-electron chi connectivity index (χ0n) is 7.86. The van der Waals surface area contributed by atoms with Gasteiger partial charge in [0.15, 0.2) is 0 Å². The van der Waals surface area contributed by atoms with Gasteiger partial charge in [0.1, 0.15) is 5.75 Å². The van der Waals surface area contributed by atoms with Gasteiger partial charge in [0, 0.05) is 6.08 Å². The first-order valence-electron chi connectivity index (χ1n) is 4.04. The highest BCUT2D eigenvalue weighted by molar-refractivity contribution is 5.90. The quantitative estimate of drug-likeness (QED) is 0.548. The van der Waals surface area contributed by atoms with Gasteiger partial charge < -0.3 is 16.2 Å². The van der Waals surface area contributed by atoms with Gasteiger partial charge in [-0.3, -0.25) is 4.79 Å². The second kappa shape index (κ2) is 4.32. The zero-order valence-corrected chi connectivity index (χ0v) is 7.86. The van der Waals surface area contributed by atoms with Gasteiger partial charge in [-0.1, -0.05) is 6.07 Å². The Kier molecular flexibility index (Phi) is 3.12. The number of amides is 1. The van der Waals surface area contributed by atoms with Gasteiger partial charge in [0.2, 0.25) is 5.91 Å². The lowest BCUT2D eigenvalue weighted by Gasteiger charge is -2.04. The summed E-state index contributed by atoms with van der Waals surface area (Å²) in [6.45, 7) is 0. The Labute approximate surface area is 82.2 Å². The van der Waals surface area contributed by atoms with Crippen LogP contribution in [-0.4, -0.2) is 13.0 Å². The van der Waals surface area contributed by atoms with Crippen LogP contribution in [0.2, 0.25) is 0 Å². The average Bonchev–Trinajstić information content (AvgIpc) is 2.16. The number of methoxy groups -OCH3 is 1. The van der Waals surface area contributed by atoms with Crippen LogP contribution in [0.25, 0.3) is 6.08 Å². The van der Waals surface area contributed by atoms with E-state index in [1.165, 1.54) is 13.2 Å². The minimum Gasteiger partial charge on any atom is -0.495 e. The number of nitrogen functional groups attached to an aromatic ring is 1. The number of primary amides is 1. The molecule has 0 heterocycles. The van der Waals surface area contributed by atoms with Crippen molar-refractivity contribution in [1.82, 2.24) is 0 Å². The summed E-state index contributed by atoms with van der Waals surface area (Å²) in [4.78, 5) is 10.5. The summed E-state index contributed by atoms with van der Waals surface area (Å²) in [7, 11) is 1.53. The second-order valence-electron chi connectivity index (χ2n) is 2.74. The minimum absolute atomic E-state index is 0.485. The van der Waals surface area contributed by atoms with Crippen molar-refractivity contribution < 1.29 is 9.53 Å². The van der Waals surface area contributed by atoms with Gasteiger partial charge in [-0.15, -0.1) is 0 Å². The number of benzene rings is 1. The van der Waals surface area contributed by atoms with Crippen LogP contribution in [0.5, 0.6) is 5.75 Å². The Balaban J connectivity index is 2.95. The van der Waals surface area contributed by atoms with Crippen LogP contribution in [0.15, 0.2) is 24.3 Å². The van der Waals surface area contributed by atoms with E-state index in [0.29, 0.717) is 11.4 Å². The summed E-state index contributed by atoms with van der Waals surface area (Å²) >= 11 is 0. The summed E-state index contributed by atoms with van der Waals surface area (Å²) in [5.41, 5.74) is 11.9. The molecular formula is C10H12N2O2. The van der Waals surface area contributed by atoms with E-state index in [1.807, 2.05) is 0 Å². The van der Waals surface area contributed by atoms with Crippen molar-refractivity contribution in [3.05, 3.63) is 29.8 Å². The number of nitrogens with two attached hydrogens (primary N) is 2. The molecule has 4 nitrogen and oxygen atoms in total. The molecule has 0 aliphatic carbocycles. The van der Waals surface area contributed by atoms with Crippen LogP contribution in [0.3, 0.4) is 0 Å². The van der Waals surface area contributed by atoms with E-state index >= 15 is 0 Å². The molecule has 0 radical (unpaired) electrons. The summed E-state index contributed by atoms with van der Waals surface area (Å²) < 4.78 is 5.02. The topological polar surface area (TPSA) is 78.3 Å². The molecule has 0 aliphatic rings. The molecule has 1 amide bonds. The molecule has 0 fully saturated rings. The van der Waals surface area contributed by atoms with Crippen molar-refractivity contribution >= 4 is 17.7 Å². The minimum atomic E-state index is -0.485. The monoisotopic (exact) mass is 192 g/mol. The van der Waals surface area contributed by atoms with Crippen LogP contribution in [0.1, 0.15) is 5.56 Å². The predicted octanol–water partition coefficient (Wildman–Crippen LogP) is 0.776. The smallest absolute Gasteiger partial charge is 0.241 e. The third-order valence-electron chi connectivity index (χ3n) is 1.70. The first-order chi connectivity index (χ1) is 6.63. The Morgan fingerprint density at radius 3 is 2.79 bits per heavy atom. The molecule has 0 saturated carbocycles. The highest BCUT2D eigenvalue weighted by Gasteiger charge is 1.98. The molecule has 4 heteroatoms. The van der Waals surface area contributed by atoms with E-state index in [4.69, 9.17) is 16.2 Å². The Bertz CT molecular complexity index is 372. The second-order valence-corrected chi connectivity index (χ2v) is 2.74. The summed E-state index contributed by atoms with van der Waals surface area (Å²) in [5.74, 6) is 0.0948. The van der Waals surface area contributed by atoms with Crippen LogP contribution < -0.4 is 16.2 Å². The molecule has 0 atom stereocenters. The Morgan fingerprint density at radius 2 is 2.21 bits per heavy atom. The zero-order chi connectivity index (χ0) is 10.6. The maximum absolute atomic E-state index is 10.5. The number of hydrogen-bond acceptors (Lipinski definition) is 3. The van der Waals surface area contributed by atoms with Crippen molar-refractivity contribution in [1.29, 1.82) is 0 Å². The molecule has 0 bridgehead atoms. The molecule has 1 rings (SSSR count). The van der Waals surface area contributed by atoms with Crippen LogP contribution >= 0.6 is 0 Å². The molecule has 0 aliphatic heterocycles. The third-order valence-corrected chi connectivity index (χ3v) is 1.70. The standard InChI is InChI=1S/C10H12N2O2/c1-14-9-6-7(2-4-8(9)11)3-5-10(12)13/h2-6H,11H2,1H3,(H2,12,13). The average molecular weight is 192 g/mol. The number of rotatable bonds is 3. The van der Waals surface area contributed by atoms with Crippen molar-refractivity contribution in [2.45, 2.75) is 0 Å². The lowest BCUT2D eigenvalue weighted by Crippen LogP contribution is -2.05. The van der Waals surface area contributed by atoms with Crippen molar-refractivity contribution in [3.8, 4) is 5.75 Å². The molecule has 0 spiro atoms. The highest BCUT2D eigenvalue weighted by atomic mass is 16.5. The van der Waals surface area contributed by atoms with E-state index < -0.39 is 5.91 Å².